The summed E-state index contributed by atoms with van der Waals surface area (Å²) in [4.78, 5) is 47.7. The van der Waals surface area contributed by atoms with Crippen LogP contribution < -0.4 is 10.6 Å². The van der Waals surface area contributed by atoms with Crippen LogP contribution in [0.2, 0.25) is 0 Å². The fraction of sp³-hybridized carbons (Fsp3) is 0.462. The number of hydrogen-bond acceptors (Lipinski definition) is 11. The molecule has 5 atom stereocenters. The maximum Gasteiger partial charge on any atom is 0.255 e. The van der Waals surface area contributed by atoms with E-state index in [9.17, 15) is 34.8 Å². The Bertz CT molecular complexity index is 1380. The lowest BCUT2D eigenvalue weighted by molar-refractivity contribution is -0.153. The Labute approximate surface area is 218 Å². The van der Waals surface area contributed by atoms with Crippen molar-refractivity contribution in [3.05, 3.63) is 39.7 Å². The van der Waals surface area contributed by atoms with Crippen molar-refractivity contribution < 1.29 is 39.6 Å². The minimum Gasteiger partial charge on any atom is -0.508 e. The van der Waals surface area contributed by atoms with Crippen LogP contribution in [0.4, 0.5) is 5.69 Å². The molecule has 3 aliphatic carbocycles. The number of rotatable bonds is 4. The number of phenols is 1. The summed E-state index contributed by atoms with van der Waals surface area (Å²) in [6.07, 6.45) is 1.78. The molecule has 2 unspecified atom stereocenters. The Balaban J connectivity index is 1.76. The molecule has 5 rings (SSSR count). The van der Waals surface area contributed by atoms with Crippen LogP contribution in [0.5, 0.6) is 5.75 Å². The summed E-state index contributed by atoms with van der Waals surface area (Å²) in [5.74, 6) is -7.14. The SMILES string of the molecule is CN(C)c1cc(C2C=NOC2)c(O)c2c1C[C@H]1CC3[C@H](N(C)C)C(=O)C(C(N)=O)=C(O)[C@@]3(O)C(=O)C1=C2O. The first-order valence-corrected chi connectivity index (χ1v) is 12.2. The zero-order valence-corrected chi connectivity index (χ0v) is 21.4. The number of nitrogens with zero attached hydrogens (tertiary/aromatic N) is 3. The van der Waals surface area contributed by atoms with Crippen molar-refractivity contribution in [2.45, 2.75) is 30.4 Å². The van der Waals surface area contributed by atoms with E-state index in [0.717, 1.165) is 0 Å². The number of aliphatic hydroxyl groups excluding tert-OH is 2. The van der Waals surface area contributed by atoms with Crippen LogP contribution >= 0.6 is 0 Å². The maximum atomic E-state index is 14.0. The molecular weight excluding hydrogens is 496 g/mol. The fourth-order valence-corrected chi connectivity index (χ4v) is 6.45. The number of ketones is 2. The van der Waals surface area contributed by atoms with E-state index in [2.05, 4.69) is 5.16 Å². The first-order chi connectivity index (χ1) is 17.8. The Kier molecular flexibility index (Phi) is 5.80. The molecule has 1 saturated carbocycles. The van der Waals surface area contributed by atoms with E-state index in [1.807, 2.05) is 19.0 Å². The van der Waals surface area contributed by atoms with Gasteiger partial charge in [0, 0.05) is 36.8 Å². The number of phenolic OH excluding ortho intramolecular Hbond substituents is 1. The van der Waals surface area contributed by atoms with Gasteiger partial charge in [0.15, 0.2) is 11.4 Å². The highest BCUT2D eigenvalue weighted by atomic mass is 16.6. The zero-order chi connectivity index (χ0) is 27.8. The van der Waals surface area contributed by atoms with Gasteiger partial charge >= 0.3 is 0 Å². The topological polar surface area (TPSA) is 186 Å². The number of primary amides is 1. The number of carbonyl (C=O) groups is 3. The van der Waals surface area contributed by atoms with Crippen LogP contribution in [-0.4, -0.2) is 95.5 Å². The molecule has 4 aliphatic rings. The highest BCUT2D eigenvalue weighted by Gasteiger charge is 2.64. The van der Waals surface area contributed by atoms with Gasteiger partial charge in [-0.05, 0) is 44.5 Å². The average molecular weight is 527 g/mol. The summed E-state index contributed by atoms with van der Waals surface area (Å²) >= 11 is 0. The number of aromatic hydroxyl groups is 1. The number of Topliss-reactive ketones (excluding diaryl/α,β-unsaturated/α-hetero) is 2. The van der Waals surface area contributed by atoms with Crippen LogP contribution in [0.1, 0.15) is 29.0 Å². The third kappa shape index (κ3) is 3.29. The number of hydrogen-bond donors (Lipinski definition) is 5. The second-order valence-electron chi connectivity index (χ2n) is 10.7. The molecule has 0 radical (unpaired) electrons. The average Bonchev–Trinajstić information content (AvgIpc) is 3.35. The van der Waals surface area contributed by atoms with E-state index in [-0.39, 0.29) is 42.3 Å². The minimum absolute atomic E-state index is 0.0320. The minimum atomic E-state index is -2.67. The van der Waals surface area contributed by atoms with Crippen LogP contribution in [-0.2, 0) is 25.6 Å². The highest BCUT2D eigenvalue weighted by molar-refractivity contribution is 6.24. The van der Waals surface area contributed by atoms with E-state index in [1.165, 1.54) is 11.1 Å². The normalized spacial score (nSPS) is 30.3. The van der Waals surface area contributed by atoms with Gasteiger partial charge in [-0.1, -0.05) is 5.16 Å². The quantitative estimate of drug-likeness (QED) is 0.338. The molecule has 202 valence electrons. The second-order valence-corrected chi connectivity index (χ2v) is 10.7. The lowest BCUT2D eigenvalue weighted by atomic mass is 9.57. The van der Waals surface area contributed by atoms with Gasteiger partial charge in [-0.25, -0.2) is 0 Å². The van der Waals surface area contributed by atoms with Crippen LogP contribution in [0.25, 0.3) is 5.76 Å². The lowest BCUT2D eigenvalue weighted by Crippen LogP contribution is -2.65. The van der Waals surface area contributed by atoms with Gasteiger partial charge < -0.3 is 35.9 Å². The first-order valence-electron chi connectivity index (χ1n) is 12.2. The van der Waals surface area contributed by atoms with Crippen molar-refractivity contribution in [1.29, 1.82) is 0 Å². The van der Waals surface area contributed by atoms with Gasteiger partial charge in [0.2, 0.25) is 5.78 Å². The summed E-state index contributed by atoms with van der Waals surface area (Å²) in [6.45, 7) is 0.189. The number of anilines is 1. The van der Waals surface area contributed by atoms with Gasteiger partial charge in [-0.3, -0.25) is 19.3 Å². The number of carbonyl (C=O) groups excluding carboxylic acids is 3. The van der Waals surface area contributed by atoms with Gasteiger partial charge in [0.1, 0.15) is 29.4 Å². The van der Waals surface area contributed by atoms with Crippen LogP contribution in [0.15, 0.2) is 28.1 Å². The number of likely N-dealkylation sites (N-methyl/N-ethyl adjacent to an activating group) is 1. The molecule has 1 aromatic rings. The van der Waals surface area contributed by atoms with E-state index < -0.39 is 58.0 Å². The number of fused-ring (bicyclic) bond motifs is 3. The van der Waals surface area contributed by atoms with Crippen molar-refractivity contribution in [2.75, 3.05) is 39.7 Å². The largest absolute Gasteiger partial charge is 0.508 e. The lowest BCUT2D eigenvalue weighted by Gasteiger charge is -2.50. The van der Waals surface area contributed by atoms with Crippen molar-refractivity contribution >= 4 is 35.1 Å². The molecule has 0 spiro atoms. The number of benzene rings is 1. The third-order valence-corrected chi connectivity index (χ3v) is 8.18. The monoisotopic (exact) mass is 526 g/mol. The predicted molar refractivity (Wildman–Crippen MR) is 136 cm³/mol. The summed E-state index contributed by atoms with van der Waals surface area (Å²) in [6, 6.07) is 0.664. The van der Waals surface area contributed by atoms with Gasteiger partial charge in [-0.15, -0.1) is 0 Å². The molecule has 12 heteroatoms. The second kappa shape index (κ2) is 8.57. The van der Waals surface area contributed by atoms with Gasteiger partial charge in [0.25, 0.3) is 5.91 Å². The molecular formula is C26H30N4O8. The molecule has 0 bridgehead atoms. The van der Waals surface area contributed by atoms with Gasteiger partial charge in [-0.2, -0.15) is 0 Å². The van der Waals surface area contributed by atoms with E-state index in [0.29, 0.717) is 16.8 Å². The Morgan fingerprint density at radius 1 is 1.18 bits per heavy atom. The van der Waals surface area contributed by atoms with Crippen molar-refractivity contribution in [3.8, 4) is 5.75 Å². The predicted octanol–water partition coefficient (Wildman–Crippen LogP) is 0.130. The standard InChI is InChI=1S/C26H30N4O8/c1-29(2)15-7-12(11-8-28-38-9-11)20(31)17-13(15)5-10-6-14-19(30(3)4)22(33)18(25(27)36)24(35)26(14,37)23(34)16(10)21(17)32/h7-8,10-11,14,19,31-32,35,37H,5-6,9H2,1-4H3,(H2,27,36)/t10-,11?,14?,19-,26-/m0/s1. The van der Waals surface area contributed by atoms with Crippen molar-refractivity contribution in [2.24, 2.45) is 22.7 Å². The molecule has 1 fully saturated rings. The van der Waals surface area contributed by atoms with Crippen molar-refractivity contribution in [3.63, 3.8) is 0 Å². The molecule has 0 saturated heterocycles. The first kappa shape index (κ1) is 25.7. The van der Waals surface area contributed by atoms with E-state index in [1.54, 1.807) is 20.2 Å². The van der Waals surface area contributed by atoms with E-state index >= 15 is 0 Å². The molecule has 0 aromatic heterocycles. The Morgan fingerprint density at radius 3 is 2.42 bits per heavy atom. The molecule has 6 N–H and O–H groups in total. The number of nitrogens with two attached hydrogens (primary N) is 1. The molecule has 12 nitrogen and oxygen atoms in total. The molecule has 1 heterocycles. The molecule has 38 heavy (non-hydrogen) atoms. The molecule has 1 aliphatic heterocycles. The summed E-state index contributed by atoms with van der Waals surface area (Å²) in [5, 5.41) is 49.2. The molecule has 1 amide bonds. The number of aliphatic hydroxyl groups is 3. The molecule has 1 aromatic carbocycles. The maximum absolute atomic E-state index is 14.0. The van der Waals surface area contributed by atoms with Crippen LogP contribution in [0, 0.1) is 11.8 Å². The number of amides is 1. The number of oxime groups is 1. The Hall–Kier alpha value is -3.90. The van der Waals surface area contributed by atoms with Crippen molar-refractivity contribution in [1.82, 2.24) is 4.90 Å². The van der Waals surface area contributed by atoms with E-state index in [4.69, 9.17) is 10.6 Å². The Morgan fingerprint density at radius 2 is 1.87 bits per heavy atom. The summed E-state index contributed by atoms with van der Waals surface area (Å²) in [7, 11) is 6.75. The summed E-state index contributed by atoms with van der Waals surface area (Å²) in [5.41, 5.74) is 3.44. The van der Waals surface area contributed by atoms with Gasteiger partial charge in [0.05, 0.1) is 23.7 Å². The third-order valence-electron chi connectivity index (χ3n) is 8.18. The smallest absolute Gasteiger partial charge is 0.255 e. The highest BCUT2D eigenvalue weighted by Crippen LogP contribution is 2.54. The van der Waals surface area contributed by atoms with Crippen LogP contribution in [0.3, 0.4) is 0 Å². The summed E-state index contributed by atoms with van der Waals surface area (Å²) < 4.78 is 0. The zero-order valence-electron chi connectivity index (χ0n) is 21.4. The fourth-order valence-electron chi connectivity index (χ4n) is 6.45.